The normalized spacial score (nSPS) is 26.4. The Morgan fingerprint density at radius 3 is 2.09 bits per heavy atom. The topological polar surface area (TPSA) is 154 Å². The number of amides is 5. The molecule has 0 radical (unpaired) electrons. The number of rotatable bonds is 12. The molecule has 4 N–H and O–H groups in total. The van der Waals surface area contributed by atoms with Crippen LogP contribution in [-0.2, 0) is 24.0 Å². The van der Waals surface area contributed by atoms with Crippen LogP contribution in [0.15, 0.2) is 0 Å². The average Bonchev–Trinajstić information content (AvgIpc) is 3.86. The zero-order valence-corrected chi connectivity index (χ0v) is 27.6. The Bertz CT molecular complexity index is 1150. The molecule has 1 saturated heterocycles. The van der Waals surface area contributed by atoms with Crippen molar-refractivity contribution < 1.29 is 28.8 Å². The van der Waals surface area contributed by atoms with Crippen molar-refractivity contribution in [1.82, 2.24) is 26.2 Å². The zero-order valence-electron chi connectivity index (χ0n) is 27.6. The largest absolute Gasteiger partial charge is 0.353 e. The molecule has 11 nitrogen and oxygen atoms in total. The summed E-state index contributed by atoms with van der Waals surface area (Å²) in [7, 11) is 1.37. The third-order valence-corrected chi connectivity index (χ3v) is 10.5. The molecule has 4 fully saturated rings. The lowest BCUT2D eigenvalue weighted by Gasteiger charge is -2.38. The molecule has 0 aromatic carbocycles. The lowest BCUT2D eigenvalue weighted by Crippen LogP contribution is -2.62. The van der Waals surface area contributed by atoms with Crippen LogP contribution >= 0.6 is 0 Å². The minimum atomic E-state index is -0.992. The van der Waals surface area contributed by atoms with Gasteiger partial charge in [0.25, 0.3) is 5.91 Å². The second-order valence-electron chi connectivity index (χ2n) is 15.2. The molecule has 3 saturated carbocycles. The van der Waals surface area contributed by atoms with Crippen LogP contribution in [0.1, 0.15) is 99.3 Å². The Kier molecular flexibility index (Phi) is 10.1. The predicted octanol–water partition coefficient (Wildman–Crippen LogP) is 2.71. The molecule has 246 valence electrons. The number of carbonyl (C=O) groups excluding carboxylic acids is 6. The number of urea groups is 1. The molecule has 0 spiro atoms. The van der Waals surface area contributed by atoms with E-state index < -0.39 is 53.2 Å². The Hall–Kier alpha value is -2.98. The summed E-state index contributed by atoms with van der Waals surface area (Å²) < 4.78 is 0. The number of piperidine rings is 1. The molecule has 5 amide bonds. The second-order valence-corrected chi connectivity index (χ2v) is 15.2. The maximum atomic E-state index is 14.3. The molecule has 44 heavy (non-hydrogen) atoms. The summed E-state index contributed by atoms with van der Waals surface area (Å²) in [6.45, 7) is 11.9. The van der Waals surface area contributed by atoms with Crippen molar-refractivity contribution in [3.05, 3.63) is 0 Å². The van der Waals surface area contributed by atoms with Gasteiger partial charge in [0.2, 0.25) is 17.6 Å². The summed E-state index contributed by atoms with van der Waals surface area (Å²) in [5.41, 5.74) is -0.860. The van der Waals surface area contributed by atoms with E-state index in [1.54, 1.807) is 4.90 Å². The number of ketones is 2. The molecule has 11 heteroatoms. The molecule has 1 heterocycles. The highest BCUT2D eigenvalue weighted by Gasteiger charge is 2.70. The summed E-state index contributed by atoms with van der Waals surface area (Å²) in [6.07, 6.45) is 7.60. The third kappa shape index (κ3) is 7.12. The number of fused-ring (bicyclic) bond motifs is 1. The highest BCUT2D eigenvalue weighted by Crippen LogP contribution is 2.65. The first-order chi connectivity index (χ1) is 20.6. The Labute approximate surface area is 261 Å². The van der Waals surface area contributed by atoms with Gasteiger partial charge in [0.05, 0.1) is 12.1 Å². The number of nitrogens with zero attached hydrogens (tertiary/aromatic N) is 1. The smallest absolute Gasteiger partial charge is 0.316 e. The van der Waals surface area contributed by atoms with E-state index in [0.717, 1.165) is 44.9 Å². The van der Waals surface area contributed by atoms with E-state index in [4.69, 9.17) is 0 Å². The van der Waals surface area contributed by atoms with Crippen LogP contribution in [0.5, 0.6) is 0 Å². The van der Waals surface area contributed by atoms with E-state index in [1.165, 1.54) is 7.05 Å². The Balaban J connectivity index is 1.52. The first-order valence-corrected chi connectivity index (χ1v) is 16.6. The van der Waals surface area contributed by atoms with Gasteiger partial charge in [0, 0.05) is 19.5 Å². The van der Waals surface area contributed by atoms with E-state index in [2.05, 4.69) is 35.1 Å². The monoisotopic (exact) mass is 615 g/mol. The van der Waals surface area contributed by atoms with Gasteiger partial charge in [0.15, 0.2) is 5.78 Å². The molecule has 0 bridgehead atoms. The van der Waals surface area contributed by atoms with Gasteiger partial charge in [-0.2, -0.15) is 0 Å². The van der Waals surface area contributed by atoms with Crippen molar-refractivity contribution in [3.63, 3.8) is 0 Å². The van der Waals surface area contributed by atoms with Gasteiger partial charge in [-0.1, -0.05) is 67.2 Å². The molecule has 3 aliphatic carbocycles. The molecule has 1 aliphatic heterocycles. The molecule has 4 aliphatic rings. The van der Waals surface area contributed by atoms with Gasteiger partial charge in [0.1, 0.15) is 12.1 Å². The minimum Gasteiger partial charge on any atom is -0.353 e. The summed E-state index contributed by atoms with van der Waals surface area (Å²) in [4.78, 5) is 81.2. The minimum absolute atomic E-state index is 0.00744. The van der Waals surface area contributed by atoms with E-state index in [1.807, 2.05) is 27.7 Å². The van der Waals surface area contributed by atoms with Crippen molar-refractivity contribution in [1.29, 1.82) is 0 Å². The van der Waals surface area contributed by atoms with Crippen molar-refractivity contribution in [2.24, 2.45) is 34.5 Å². The molecular formula is C33H53N5O6. The summed E-state index contributed by atoms with van der Waals surface area (Å²) in [5.74, 6) is -2.13. The molecule has 1 unspecified atom stereocenters. The van der Waals surface area contributed by atoms with Gasteiger partial charge in [-0.05, 0) is 60.7 Å². The van der Waals surface area contributed by atoms with Crippen LogP contribution in [0.3, 0.4) is 0 Å². The molecular weight excluding hydrogens is 562 g/mol. The molecule has 6 atom stereocenters. The molecule has 0 aromatic rings. The van der Waals surface area contributed by atoms with Crippen molar-refractivity contribution in [2.75, 3.05) is 13.6 Å². The van der Waals surface area contributed by atoms with E-state index in [9.17, 15) is 28.8 Å². The van der Waals surface area contributed by atoms with Crippen LogP contribution in [0.2, 0.25) is 0 Å². The number of hydrogen-bond acceptors (Lipinski definition) is 6. The fourth-order valence-electron chi connectivity index (χ4n) is 7.55. The first kappa shape index (κ1) is 33.9. The van der Waals surface area contributed by atoms with Crippen LogP contribution in [0.25, 0.3) is 0 Å². The van der Waals surface area contributed by atoms with Crippen molar-refractivity contribution >= 4 is 35.3 Å². The summed E-state index contributed by atoms with van der Waals surface area (Å²) in [5, 5.41) is 11.0. The number of hydrogen-bond donors (Lipinski definition) is 4. The second kappa shape index (κ2) is 13.2. The maximum absolute atomic E-state index is 14.3. The zero-order chi connectivity index (χ0) is 32.6. The van der Waals surface area contributed by atoms with Crippen LogP contribution in [-0.4, -0.2) is 78.0 Å². The number of carbonyl (C=O) groups is 6. The van der Waals surface area contributed by atoms with E-state index in [0.29, 0.717) is 19.4 Å². The molecule has 4 rings (SSSR count). The number of likely N-dealkylation sites (N-methyl/N-ethyl adjacent to an activating group) is 1. The fraction of sp³-hybridized carbons (Fsp3) is 0.818. The number of likely N-dealkylation sites (tertiary alicyclic amines) is 1. The third-order valence-electron chi connectivity index (χ3n) is 10.5. The van der Waals surface area contributed by atoms with E-state index in [-0.39, 0.29) is 40.8 Å². The average molecular weight is 616 g/mol. The highest BCUT2D eigenvalue weighted by molar-refractivity contribution is 6.38. The molecule has 0 aromatic heterocycles. The maximum Gasteiger partial charge on any atom is 0.316 e. The SMILES string of the molecule is CCCC(NC(=O)[C@@H]1[C@@H]2[C@H](CN1C(=O)[C@@H](NC(=O)N[C@H](C(=O)C1CC1)C1CCCCC1)C(C)(C)C)C2(C)C)C(=O)C(=O)NC. The van der Waals surface area contributed by atoms with Gasteiger partial charge in [-0.3, -0.25) is 24.0 Å². The van der Waals surface area contributed by atoms with Crippen LogP contribution in [0, 0.1) is 34.5 Å². The van der Waals surface area contributed by atoms with Crippen molar-refractivity contribution in [2.45, 2.75) is 123 Å². The Morgan fingerprint density at radius 2 is 1.55 bits per heavy atom. The quantitative estimate of drug-likeness (QED) is 0.248. The van der Waals surface area contributed by atoms with Crippen LogP contribution < -0.4 is 21.3 Å². The lowest BCUT2D eigenvalue weighted by atomic mass is 9.81. The summed E-state index contributed by atoms with van der Waals surface area (Å²) >= 11 is 0. The summed E-state index contributed by atoms with van der Waals surface area (Å²) in [6, 6.07) is -3.90. The van der Waals surface area contributed by atoms with Gasteiger partial charge in [-0.25, -0.2) is 4.79 Å². The Morgan fingerprint density at radius 1 is 0.909 bits per heavy atom. The van der Waals surface area contributed by atoms with Gasteiger partial charge in [-0.15, -0.1) is 0 Å². The fourth-order valence-corrected chi connectivity index (χ4v) is 7.55. The number of Topliss-reactive ketones (excluding diaryl/α,β-unsaturated/α-hetero) is 2. The van der Waals surface area contributed by atoms with E-state index >= 15 is 0 Å². The van der Waals surface area contributed by atoms with Gasteiger partial charge >= 0.3 is 6.03 Å². The standard InChI is InChI=1S/C33H53N5O6/c1-8-12-21(26(40)29(42)34-7)35-28(41)24-22-20(33(22,5)6)17-38(24)30(43)27(32(2,3)4)37-31(44)36-23(25(39)19-15-16-19)18-13-10-9-11-14-18/h18-24,27H,8-17H2,1-7H3,(H,34,42)(H,35,41)(H2,36,37,44)/t20-,21?,22-,23-,24-,27+/m0/s1. The first-order valence-electron chi connectivity index (χ1n) is 16.6. The predicted molar refractivity (Wildman–Crippen MR) is 165 cm³/mol. The van der Waals surface area contributed by atoms with Crippen molar-refractivity contribution in [3.8, 4) is 0 Å². The highest BCUT2D eigenvalue weighted by atomic mass is 16.2. The number of nitrogens with one attached hydrogen (secondary N) is 4. The lowest BCUT2D eigenvalue weighted by molar-refractivity contribution is -0.145. The van der Waals surface area contributed by atoms with Gasteiger partial charge < -0.3 is 26.2 Å². The van der Waals surface area contributed by atoms with Crippen LogP contribution in [0.4, 0.5) is 4.79 Å².